The third-order valence-corrected chi connectivity index (χ3v) is 2.51. The highest BCUT2D eigenvalue weighted by atomic mass is 35.5. The fourth-order valence-corrected chi connectivity index (χ4v) is 1.53. The van der Waals surface area contributed by atoms with Crippen molar-refractivity contribution in [3.8, 4) is 5.69 Å². The molecule has 0 fully saturated rings. The van der Waals surface area contributed by atoms with Crippen molar-refractivity contribution in [2.75, 3.05) is 0 Å². The molecule has 2 rings (SSSR count). The summed E-state index contributed by atoms with van der Waals surface area (Å²) in [7, 11) is 0. The molecule has 15 heavy (non-hydrogen) atoms. The van der Waals surface area contributed by atoms with Crippen molar-refractivity contribution >= 4 is 11.6 Å². The summed E-state index contributed by atoms with van der Waals surface area (Å²) >= 11 is 5.71. The molecule has 0 saturated carbocycles. The number of rotatable bonds is 3. The van der Waals surface area contributed by atoms with Gasteiger partial charge in [0.15, 0.2) is 0 Å². The van der Waals surface area contributed by atoms with Crippen LogP contribution < -0.4 is 5.73 Å². The predicted octanol–water partition coefficient (Wildman–Crippen LogP) is 2.07. The second-order valence-electron chi connectivity index (χ2n) is 3.30. The molecule has 1 aromatic carbocycles. The van der Waals surface area contributed by atoms with Crippen LogP contribution in [0, 0.1) is 0 Å². The van der Waals surface area contributed by atoms with Gasteiger partial charge in [-0.1, -0.05) is 12.1 Å². The van der Waals surface area contributed by atoms with E-state index in [0.29, 0.717) is 12.4 Å². The smallest absolute Gasteiger partial charge is 0.0648 e. The topological polar surface area (TPSA) is 43.8 Å². The second-order valence-corrected chi connectivity index (χ2v) is 3.57. The molecule has 0 aliphatic carbocycles. The lowest BCUT2D eigenvalue weighted by atomic mass is 10.2. The molecule has 0 atom stereocenters. The minimum Gasteiger partial charge on any atom is -0.326 e. The number of halogens is 1. The Kier molecular flexibility index (Phi) is 3.04. The maximum absolute atomic E-state index is 5.71. The highest BCUT2D eigenvalue weighted by Crippen LogP contribution is 2.11. The Morgan fingerprint density at radius 1 is 1.33 bits per heavy atom. The standard InChI is InChI=1S/C11H12ClN3/c12-5-10-7-14-15(8-10)11-3-1-2-9(4-11)6-13/h1-4,7-8H,5-6,13H2. The van der Waals surface area contributed by atoms with Crippen molar-refractivity contribution in [1.29, 1.82) is 0 Å². The molecule has 0 aliphatic heterocycles. The van der Waals surface area contributed by atoms with Gasteiger partial charge in [0.25, 0.3) is 0 Å². The molecule has 0 amide bonds. The second kappa shape index (κ2) is 4.47. The van der Waals surface area contributed by atoms with Gasteiger partial charge in [-0.05, 0) is 17.7 Å². The summed E-state index contributed by atoms with van der Waals surface area (Å²) in [4.78, 5) is 0. The van der Waals surface area contributed by atoms with Crippen LogP contribution in [0.2, 0.25) is 0 Å². The summed E-state index contributed by atoms with van der Waals surface area (Å²) in [6.07, 6.45) is 3.69. The molecule has 1 aromatic heterocycles. The van der Waals surface area contributed by atoms with Crippen molar-refractivity contribution in [3.05, 3.63) is 47.8 Å². The van der Waals surface area contributed by atoms with Crippen LogP contribution in [0.1, 0.15) is 11.1 Å². The summed E-state index contributed by atoms with van der Waals surface area (Å²) in [5.74, 6) is 0.483. The lowest BCUT2D eigenvalue weighted by Crippen LogP contribution is -1.99. The van der Waals surface area contributed by atoms with E-state index in [1.807, 2.05) is 30.5 Å². The van der Waals surface area contributed by atoms with Crippen molar-refractivity contribution in [3.63, 3.8) is 0 Å². The quantitative estimate of drug-likeness (QED) is 0.807. The Morgan fingerprint density at radius 3 is 2.87 bits per heavy atom. The Balaban J connectivity index is 2.35. The van der Waals surface area contributed by atoms with Crippen molar-refractivity contribution in [2.45, 2.75) is 12.4 Å². The van der Waals surface area contributed by atoms with E-state index in [1.165, 1.54) is 0 Å². The summed E-state index contributed by atoms with van der Waals surface area (Å²) in [5, 5.41) is 4.22. The summed E-state index contributed by atoms with van der Waals surface area (Å²) in [6, 6.07) is 7.98. The third kappa shape index (κ3) is 2.19. The Labute approximate surface area is 93.5 Å². The molecule has 1 heterocycles. The number of nitrogens with zero attached hydrogens (tertiary/aromatic N) is 2. The third-order valence-electron chi connectivity index (χ3n) is 2.20. The molecule has 2 aromatic rings. The molecule has 0 spiro atoms. The molecule has 78 valence electrons. The molecule has 0 saturated heterocycles. The van der Waals surface area contributed by atoms with Gasteiger partial charge >= 0.3 is 0 Å². The van der Waals surface area contributed by atoms with E-state index in [2.05, 4.69) is 5.10 Å². The first kappa shape index (κ1) is 10.2. The van der Waals surface area contributed by atoms with E-state index < -0.39 is 0 Å². The van der Waals surface area contributed by atoms with E-state index in [1.54, 1.807) is 10.9 Å². The van der Waals surface area contributed by atoms with E-state index >= 15 is 0 Å². The first-order chi connectivity index (χ1) is 7.33. The number of hydrogen-bond donors (Lipinski definition) is 1. The first-order valence-electron chi connectivity index (χ1n) is 4.72. The SMILES string of the molecule is NCc1cccc(-n2cc(CCl)cn2)c1. The van der Waals surface area contributed by atoms with E-state index in [4.69, 9.17) is 17.3 Å². The zero-order valence-electron chi connectivity index (χ0n) is 8.23. The number of hydrogen-bond acceptors (Lipinski definition) is 2. The summed E-state index contributed by atoms with van der Waals surface area (Å²) < 4.78 is 1.80. The Morgan fingerprint density at radius 2 is 2.20 bits per heavy atom. The molecule has 3 nitrogen and oxygen atoms in total. The van der Waals surface area contributed by atoms with Gasteiger partial charge in [0.05, 0.1) is 17.8 Å². The minimum atomic E-state index is 0.483. The molecular weight excluding hydrogens is 210 g/mol. The predicted molar refractivity (Wildman–Crippen MR) is 61.0 cm³/mol. The highest BCUT2D eigenvalue weighted by Gasteiger charge is 2.00. The molecule has 0 bridgehead atoms. The zero-order valence-corrected chi connectivity index (χ0v) is 8.98. The van der Waals surface area contributed by atoms with Crippen molar-refractivity contribution in [2.24, 2.45) is 5.73 Å². The van der Waals surface area contributed by atoms with Gasteiger partial charge in [0.1, 0.15) is 0 Å². The highest BCUT2D eigenvalue weighted by molar-refractivity contribution is 6.17. The fourth-order valence-electron chi connectivity index (χ4n) is 1.40. The van der Waals surface area contributed by atoms with Crippen LogP contribution in [0.4, 0.5) is 0 Å². The van der Waals surface area contributed by atoms with Crippen molar-refractivity contribution in [1.82, 2.24) is 9.78 Å². The lowest BCUT2D eigenvalue weighted by molar-refractivity contribution is 0.876. The first-order valence-corrected chi connectivity index (χ1v) is 5.26. The molecule has 0 radical (unpaired) electrons. The maximum Gasteiger partial charge on any atom is 0.0648 e. The number of nitrogens with two attached hydrogens (primary N) is 1. The Bertz CT molecular complexity index is 451. The number of benzene rings is 1. The van der Waals surface area contributed by atoms with E-state index in [9.17, 15) is 0 Å². The molecule has 0 aliphatic rings. The van der Waals surface area contributed by atoms with Gasteiger partial charge in [-0.15, -0.1) is 11.6 Å². The normalized spacial score (nSPS) is 10.5. The van der Waals surface area contributed by atoms with Gasteiger partial charge in [-0.3, -0.25) is 0 Å². The molecule has 2 N–H and O–H groups in total. The van der Waals surface area contributed by atoms with Crippen LogP contribution in [-0.4, -0.2) is 9.78 Å². The lowest BCUT2D eigenvalue weighted by Gasteiger charge is -2.02. The van der Waals surface area contributed by atoms with Gasteiger partial charge in [-0.25, -0.2) is 4.68 Å². The summed E-state index contributed by atoms with van der Waals surface area (Å²) in [6.45, 7) is 0.539. The van der Waals surface area contributed by atoms with Crippen LogP contribution in [-0.2, 0) is 12.4 Å². The largest absolute Gasteiger partial charge is 0.326 e. The number of aromatic nitrogens is 2. The molecule has 4 heteroatoms. The van der Waals surface area contributed by atoms with Crippen LogP contribution in [0.25, 0.3) is 5.69 Å². The monoisotopic (exact) mass is 221 g/mol. The van der Waals surface area contributed by atoms with Crippen LogP contribution in [0.3, 0.4) is 0 Å². The average molecular weight is 222 g/mol. The Hall–Kier alpha value is -1.32. The van der Waals surface area contributed by atoms with Gasteiger partial charge in [0, 0.05) is 18.3 Å². The summed E-state index contributed by atoms with van der Waals surface area (Å²) in [5.41, 5.74) is 8.69. The van der Waals surface area contributed by atoms with E-state index in [0.717, 1.165) is 16.8 Å². The van der Waals surface area contributed by atoms with Crippen LogP contribution in [0.5, 0.6) is 0 Å². The fraction of sp³-hybridized carbons (Fsp3) is 0.182. The van der Waals surface area contributed by atoms with Crippen LogP contribution >= 0.6 is 11.6 Å². The molecular formula is C11H12ClN3. The minimum absolute atomic E-state index is 0.483. The van der Waals surface area contributed by atoms with Gasteiger partial charge in [0.2, 0.25) is 0 Å². The number of alkyl halides is 1. The van der Waals surface area contributed by atoms with Crippen LogP contribution in [0.15, 0.2) is 36.7 Å². The van der Waals surface area contributed by atoms with Gasteiger partial charge < -0.3 is 5.73 Å². The zero-order chi connectivity index (χ0) is 10.7. The molecule has 0 unspecified atom stereocenters. The van der Waals surface area contributed by atoms with E-state index in [-0.39, 0.29) is 0 Å². The van der Waals surface area contributed by atoms with Gasteiger partial charge in [-0.2, -0.15) is 5.10 Å². The van der Waals surface area contributed by atoms with Crippen molar-refractivity contribution < 1.29 is 0 Å². The average Bonchev–Trinajstić information content (AvgIpc) is 2.78. The maximum atomic E-state index is 5.71.